The smallest absolute Gasteiger partial charge is 0.475 e. The normalized spacial score (nSPS) is 16.9. The highest BCUT2D eigenvalue weighted by Gasteiger charge is 2.51. The summed E-state index contributed by atoms with van der Waals surface area (Å²) in [6.45, 7) is 0.957. The van der Waals surface area contributed by atoms with Crippen molar-refractivity contribution in [2.45, 2.75) is 67.4 Å². The molecular weight excluding hydrogens is 537 g/mol. The van der Waals surface area contributed by atoms with Crippen molar-refractivity contribution in [3.8, 4) is 0 Å². The second kappa shape index (κ2) is 12.8. The molecule has 0 bridgehead atoms. The number of rotatable bonds is 9. The maximum Gasteiger partial charge on any atom is 0.490 e. The highest BCUT2D eigenvalue weighted by Crippen LogP contribution is 2.48. The highest BCUT2D eigenvalue weighted by molar-refractivity contribution is 7.92. The van der Waals surface area contributed by atoms with Gasteiger partial charge in [0.1, 0.15) is 0 Å². The van der Waals surface area contributed by atoms with Gasteiger partial charge in [0.2, 0.25) is 5.91 Å². The maximum atomic E-state index is 12.9. The van der Waals surface area contributed by atoms with Gasteiger partial charge in [-0.15, -0.1) is 0 Å². The average Bonchev–Trinajstić information content (AvgIpc) is 3.72. The van der Waals surface area contributed by atoms with Crippen LogP contribution >= 0.6 is 0 Å². The third-order valence-corrected chi connectivity index (χ3v) is 8.37. The second-order valence-corrected chi connectivity index (χ2v) is 11.4. The fourth-order valence-corrected chi connectivity index (χ4v) is 5.69. The molecule has 0 spiro atoms. The SMILES string of the molecule is COCCNC(=O)C1(c2ccc(NS(=O)(=O)c3ccc(C4CCCCC4)cc3)cc2)CC1.O=C(O)C(F)(F)F. The molecule has 1 amide bonds. The quantitative estimate of drug-likeness (QED) is 0.367. The fraction of sp³-hybridized carbons (Fsp3) is 0.481. The molecule has 0 aliphatic heterocycles. The average molecular weight is 571 g/mol. The predicted molar refractivity (Wildman–Crippen MR) is 139 cm³/mol. The van der Waals surface area contributed by atoms with Gasteiger partial charge in [0.25, 0.3) is 10.0 Å². The highest BCUT2D eigenvalue weighted by atomic mass is 32.2. The van der Waals surface area contributed by atoms with E-state index < -0.39 is 27.6 Å². The van der Waals surface area contributed by atoms with Crippen LogP contribution in [0.2, 0.25) is 0 Å². The van der Waals surface area contributed by atoms with E-state index >= 15 is 0 Å². The number of carboxylic acid groups (broad SMARTS) is 1. The molecule has 2 fully saturated rings. The Bertz CT molecular complexity index is 1220. The van der Waals surface area contributed by atoms with E-state index in [1.165, 1.54) is 37.7 Å². The van der Waals surface area contributed by atoms with Crippen LogP contribution in [-0.2, 0) is 29.8 Å². The third kappa shape index (κ3) is 8.18. The monoisotopic (exact) mass is 570 g/mol. The number of carbonyl (C=O) groups excluding carboxylic acids is 1. The first-order chi connectivity index (χ1) is 18.4. The number of anilines is 1. The zero-order valence-corrected chi connectivity index (χ0v) is 22.4. The zero-order valence-electron chi connectivity index (χ0n) is 21.6. The topological polar surface area (TPSA) is 122 Å². The van der Waals surface area contributed by atoms with E-state index in [0.29, 0.717) is 24.8 Å². The first-order valence-corrected chi connectivity index (χ1v) is 14.2. The largest absolute Gasteiger partial charge is 0.490 e. The molecule has 214 valence electrons. The lowest BCUT2D eigenvalue weighted by Gasteiger charge is -2.22. The molecule has 0 unspecified atom stereocenters. The van der Waals surface area contributed by atoms with Gasteiger partial charge < -0.3 is 15.2 Å². The number of hydrogen-bond donors (Lipinski definition) is 3. The van der Waals surface area contributed by atoms with E-state index in [0.717, 1.165) is 18.4 Å². The fourth-order valence-electron chi connectivity index (χ4n) is 4.63. The van der Waals surface area contributed by atoms with Gasteiger partial charge in [-0.05, 0) is 67.0 Å². The molecule has 12 heteroatoms. The molecule has 8 nitrogen and oxygen atoms in total. The molecule has 3 N–H and O–H groups in total. The number of alkyl halides is 3. The summed E-state index contributed by atoms with van der Waals surface area (Å²) >= 11 is 0. The molecule has 2 aromatic carbocycles. The molecular formula is C27H33F3N2O6S. The van der Waals surface area contributed by atoms with Crippen LogP contribution in [0.15, 0.2) is 53.4 Å². The van der Waals surface area contributed by atoms with Crippen molar-refractivity contribution in [2.24, 2.45) is 0 Å². The molecule has 0 aromatic heterocycles. The van der Waals surface area contributed by atoms with Gasteiger partial charge in [0, 0.05) is 19.3 Å². The van der Waals surface area contributed by atoms with E-state index in [4.69, 9.17) is 14.6 Å². The Morgan fingerprint density at radius 2 is 1.56 bits per heavy atom. The molecule has 2 aliphatic rings. The Balaban J connectivity index is 0.000000532. The van der Waals surface area contributed by atoms with Crippen molar-refractivity contribution in [3.63, 3.8) is 0 Å². The van der Waals surface area contributed by atoms with Crippen LogP contribution in [0.4, 0.5) is 18.9 Å². The van der Waals surface area contributed by atoms with E-state index in [2.05, 4.69) is 10.0 Å². The number of sulfonamides is 1. The molecule has 2 saturated carbocycles. The van der Waals surface area contributed by atoms with Gasteiger partial charge >= 0.3 is 12.1 Å². The van der Waals surface area contributed by atoms with Crippen LogP contribution in [0, 0.1) is 0 Å². The Kier molecular flexibility index (Phi) is 10.0. The lowest BCUT2D eigenvalue weighted by atomic mass is 9.84. The lowest BCUT2D eigenvalue weighted by Crippen LogP contribution is -2.36. The zero-order chi connectivity index (χ0) is 28.7. The molecule has 0 heterocycles. The van der Waals surface area contributed by atoms with Gasteiger partial charge in [-0.3, -0.25) is 9.52 Å². The van der Waals surface area contributed by atoms with Gasteiger partial charge in [-0.2, -0.15) is 13.2 Å². The van der Waals surface area contributed by atoms with Crippen molar-refractivity contribution in [1.29, 1.82) is 0 Å². The standard InChI is InChI=1S/C25H32N2O4S.C2HF3O2/c1-31-18-17-26-24(28)25(15-16-25)21-9-11-22(12-10-21)27-32(29,30)23-13-7-20(8-14-23)19-5-3-2-4-6-19;3-2(4,5)1(6)7/h7-14,19,27H,2-6,15-18H2,1H3,(H,26,28);(H,6,7). The summed E-state index contributed by atoms with van der Waals surface area (Å²) in [5.74, 6) is -2.21. The Labute approximate surface area is 226 Å². The number of aliphatic carboxylic acids is 1. The van der Waals surface area contributed by atoms with Crippen LogP contribution < -0.4 is 10.0 Å². The predicted octanol–water partition coefficient (Wildman–Crippen LogP) is 4.96. The second-order valence-electron chi connectivity index (χ2n) is 9.72. The Hall–Kier alpha value is -3.12. The van der Waals surface area contributed by atoms with E-state index in [1.54, 1.807) is 31.4 Å². The minimum Gasteiger partial charge on any atom is -0.475 e. The van der Waals surface area contributed by atoms with E-state index in [-0.39, 0.29) is 10.8 Å². The Morgan fingerprint density at radius 1 is 1.00 bits per heavy atom. The van der Waals surface area contributed by atoms with Crippen molar-refractivity contribution in [3.05, 3.63) is 59.7 Å². The summed E-state index contributed by atoms with van der Waals surface area (Å²) in [7, 11) is -2.07. The van der Waals surface area contributed by atoms with Crippen LogP contribution in [0.25, 0.3) is 0 Å². The number of benzene rings is 2. The van der Waals surface area contributed by atoms with Crippen molar-refractivity contribution in [2.75, 3.05) is 25.0 Å². The van der Waals surface area contributed by atoms with Crippen molar-refractivity contribution < 1.29 is 41.0 Å². The van der Waals surface area contributed by atoms with Gasteiger partial charge in [0.05, 0.1) is 16.9 Å². The van der Waals surface area contributed by atoms with Gasteiger partial charge in [-0.1, -0.05) is 43.5 Å². The number of halogens is 3. The maximum absolute atomic E-state index is 12.9. The molecule has 0 atom stereocenters. The first-order valence-electron chi connectivity index (χ1n) is 12.7. The first kappa shape index (κ1) is 30.4. The molecule has 2 aliphatic carbocycles. The summed E-state index contributed by atoms with van der Waals surface area (Å²) in [4.78, 5) is 21.7. The van der Waals surface area contributed by atoms with Crippen LogP contribution in [0.1, 0.15) is 62.0 Å². The summed E-state index contributed by atoms with van der Waals surface area (Å²) in [6.07, 6.45) is 2.67. The lowest BCUT2D eigenvalue weighted by molar-refractivity contribution is -0.192. The molecule has 0 saturated heterocycles. The van der Waals surface area contributed by atoms with Crippen LogP contribution in [-0.4, -0.2) is 51.8 Å². The summed E-state index contributed by atoms with van der Waals surface area (Å²) in [6, 6.07) is 14.4. The summed E-state index contributed by atoms with van der Waals surface area (Å²) in [5.41, 5.74) is 2.12. The van der Waals surface area contributed by atoms with Crippen molar-refractivity contribution >= 4 is 27.6 Å². The van der Waals surface area contributed by atoms with Gasteiger partial charge in [0.15, 0.2) is 0 Å². The number of nitrogens with one attached hydrogen (secondary N) is 2. The Morgan fingerprint density at radius 3 is 2.05 bits per heavy atom. The van der Waals surface area contributed by atoms with E-state index in [1.807, 2.05) is 24.3 Å². The molecule has 39 heavy (non-hydrogen) atoms. The van der Waals surface area contributed by atoms with E-state index in [9.17, 15) is 26.4 Å². The van der Waals surface area contributed by atoms with Crippen LogP contribution in [0.3, 0.4) is 0 Å². The number of ether oxygens (including phenoxy) is 1. The number of carboxylic acids is 1. The number of amides is 1. The number of carbonyl (C=O) groups is 2. The molecule has 2 aromatic rings. The minimum atomic E-state index is -5.08. The van der Waals surface area contributed by atoms with Crippen molar-refractivity contribution in [1.82, 2.24) is 5.32 Å². The summed E-state index contributed by atoms with van der Waals surface area (Å²) < 4.78 is 65.1. The van der Waals surface area contributed by atoms with Gasteiger partial charge in [-0.25, -0.2) is 13.2 Å². The minimum absolute atomic E-state index is 0.000867. The third-order valence-electron chi connectivity index (χ3n) is 6.98. The number of hydrogen-bond acceptors (Lipinski definition) is 5. The number of methoxy groups -OCH3 is 1. The molecule has 0 radical (unpaired) electrons. The van der Waals surface area contributed by atoms with Crippen LogP contribution in [0.5, 0.6) is 0 Å². The summed E-state index contributed by atoms with van der Waals surface area (Å²) in [5, 5.41) is 10.0. The molecule has 4 rings (SSSR count).